The summed E-state index contributed by atoms with van der Waals surface area (Å²) in [6, 6.07) is 78.4. The molecule has 2 aliphatic rings. The summed E-state index contributed by atoms with van der Waals surface area (Å²) in [5.41, 5.74) is 17.3. The van der Waals surface area contributed by atoms with Gasteiger partial charge >= 0.3 is 0 Å². The van der Waals surface area contributed by atoms with Gasteiger partial charge in [-0.05, 0) is 97.2 Å². The lowest BCUT2D eigenvalue weighted by molar-refractivity contribution is 0.669. The SMILES string of the molecule is c1ccc2c(c1)-c1ccccc1C21c2ccccc2-c2c(N(c3ccc(-c4cccc5ccccc45)cc3)c3cc4c5ccccc5sc4c4c3oc3ccccc34)cccc21. The molecule has 12 aromatic rings. The van der Waals surface area contributed by atoms with Crippen LogP contribution in [0.3, 0.4) is 0 Å². The molecule has 0 amide bonds. The summed E-state index contributed by atoms with van der Waals surface area (Å²) < 4.78 is 9.62. The highest BCUT2D eigenvalue weighted by atomic mass is 32.1. The Morgan fingerprint density at radius 2 is 1.00 bits per heavy atom. The van der Waals surface area contributed by atoms with E-state index in [0.717, 1.165) is 39.0 Å². The molecule has 1 spiro atoms. The highest BCUT2D eigenvalue weighted by Gasteiger charge is 2.52. The van der Waals surface area contributed by atoms with Crippen LogP contribution in [-0.2, 0) is 5.41 Å². The van der Waals surface area contributed by atoms with Crippen molar-refractivity contribution in [2.24, 2.45) is 0 Å². The maximum absolute atomic E-state index is 7.09. The second kappa shape index (κ2) is 12.7. The first kappa shape index (κ1) is 34.0. The maximum atomic E-state index is 7.09. The predicted molar refractivity (Wildman–Crippen MR) is 261 cm³/mol. The standard InChI is InChI=1S/C59H35NOS/c1-2-17-39-36(15-1)16-13-23-40(39)37-31-33-38(34-32-37)60(52-35-46-43-20-7-12-30-54(43)62-58(46)56-45-22-6-11-29-53(45)61-57(52)56)51-28-14-27-50-55(51)44-21-5-10-26-49(44)59(50)47-24-8-3-18-41(47)42-19-4-9-25-48(42)59/h1-35H. The Hall–Kier alpha value is -7.72. The molecule has 2 aliphatic carbocycles. The van der Waals surface area contributed by atoms with Gasteiger partial charge in [-0.3, -0.25) is 0 Å². The van der Waals surface area contributed by atoms with Crippen LogP contribution in [0.5, 0.6) is 0 Å². The Kier molecular flexibility index (Phi) is 6.95. The topological polar surface area (TPSA) is 16.4 Å². The number of para-hydroxylation sites is 1. The molecule has 10 aromatic carbocycles. The van der Waals surface area contributed by atoms with Gasteiger partial charge in [-0.25, -0.2) is 0 Å². The van der Waals surface area contributed by atoms with Crippen LogP contribution in [0.4, 0.5) is 17.1 Å². The van der Waals surface area contributed by atoms with Crippen molar-refractivity contribution in [2.75, 3.05) is 4.90 Å². The minimum absolute atomic E-state index is 0.471. The van der Waals surface area contributed by atoms with Crippen LogP contribution in [0.25, 0.3) is 86.3 Å². The molecule has 0 bridgehead atoms. The number of anilines is 3. The molecule has 0 saturated carbocycles. The third kappa shape index (κ3) is 4.42. The molecule has 2 nitrogen and oxygen atoms in total. The van der Waals surface area contributed by atoms with Crippen LogP contribution in [0.1, 0.15) is 22.3 Å². The Morgan fingerprint density at radius 1 is 0.419 bits per heavy atom. The minimum Gasteiger partial charge on any atom is -0.454 e. The zero-order valence-corrected chi connectivity index (χ0v) is 34.3. The molecule has 0 saturated heterocycles. The van der Waals surface area contributed by atoms with E-state index in [2.05, 4.69) is 217 Å². The fraction of sp³-hybridized carbons (Fsp3) is 0.0169. The quantitative estimate of drug-likeness (QED) is 0.176. The van der Waals surface area contributed by atoms with Gasteiger partial charge in [0.2, 0.25) is 0 Å². The lowest BCUT2D eigenvalue weighted by atomic mass is 9.70. The second-order valence-corrected chi connectivity index (χ2v) is 17.7. The fourth-order valence-corrected chi connectivity index (χ4v) is 12.4. The zero-order chi connectivity index (χ0) is 40.5. The van der Waals surface area contributed by atoms with E-state index < -0.39 is 5.41 Å². The van der Waals surface area contributed by atoms with E-state index in [0.29, 0.717) is 0 Å². The summed E-state index contributed by atoms with van der Waals surface area (Å²) in [7, 11) is 0. The number of furan rings is 1. The summed E-state index contributed by atoms with van der Waals surface area (Å²) in [5.74, 6) is 0. The number of hydrogen-bond donors (Lipinski definition) is 0. The molecule has 62 heavy (non-hydrogen) atoms. The smallest absolute Gasteiger partial charge is 0.160 e. The van der Waals surface area contributed by atoms with Gasteiger partial charge in [0.05, 0.1) is 16.8 Å². The van der Waals surface area contributed by atoms with Gasteiger partial charge in [0.15, 0.2) is 5.58 Å². The van der Waals surface area contributed by atoms with E-state index in [-0.39, 0.29) is 0 Å². The van der Waals surface area contributed by atoms with Crippen molar-refractivity contribution in [2.45, 2.75) is 5.41 Å². The molecule has 0 atom stereocenters. The Bertz CT molecular complexity index is 3780. The largest absolute Gasteiger partial charge is 0.454 e. The zero-order valence-electron chi connectivity index (χ0n) is 33.5. The van der Waals surface area contributed by atoms with E-state index in [1.807, 2.05) is 11.3 Å². The van der Waals surface area contributed by atoms with Crippen LogP contribution in [0, 0.1) is 0 Å². The molecule has 14 rings (SSSR count). The summed E-state index contributed by atoms with van der Waals surface area (Å²) in [4.78, 5) is 2.49. The summed E-state index contributed by atoms with van der Waals surface area (Å²) >= 11 is 1.85. The number of benzene rings is 10. The van der Waals surface area contributed by atoms with E-state index in [4.69, 9.17) is 4.42 Å². The van der Waals surface area contributed by atoms with Crippen molar-refractivity contribution >= 4 is 81.3 Å². The molecule has 2 heterocycles. The summed E-state index contributed by atoms with van der Waals surface area (Å²) in [6.07, 6.45) is 0. The van der Waals surface area contributed by atoms with Crippen LogP contribution < -0.4 is 4.90 Å². The Morgan fingerprint density at radius 3 is 1.79 bits per heavy atom. The minimum atomic E-state index is -0.471. The van der Waals surface area contributed by atoms with Crippen LogP contribution in [-0.4, -0.2) is 0 Å². The van der Waals surface area contributed by atoms with Crippen LogP contribution in [0.2, 0.25) is 0 Å². The van der Waals surface area contributed by atoms with E-state index >= 15 is 0 Å². The van der Waals surface area contributed by atoms with Crippen molar-refractivity contribution in [3.05, 3.63) is 235 Å². The number of hydrogen-bond acceptors (Lipinski definition) is 3. The number of rotatable bonds is 4. The second-order valence-electron chi connectivity index (χ2n) is 16.7. The third-order valence-corrected chi connectivity index (χ3v) is 14.9. The highest BCUT2D eigenvalue weighted by molar-refractivity contribution is 7.26. The van der Waals surface area contributed by atoms with E-state index in [1.165, 1.54) is 86.6 Å². The molecular formula is C59H35NOS. The molecule has 0 aliphatic heterocycles. The van der Waals surface area contributed by atoms with Gasteiger partial charge in [-0.1, -0.05) is 176 Å². The third-order valence-electron chi connectivity index (χ3n) is 13.7. The van der Waals surface area contributed by atoms with Crippen molar-refractivity contribution < 1.29 is 4.42 Å². The van der Waals surface area contributed by atoms with Gasteiger partial charge in [0, 0.05) is 42.2 Å². The molecule has 0 fully saturated rings. The van der Waals surface area contributed by atoms with Crippen molar-refractivity contribution in [3.63, 3.8) is 0 Å². The molecule has 2 aromatic heterocycles. The number of thiophene rings is 1. The normalized spacial score (nSPS) is 13.3. The van der Waals surface area contributed by atoms with Gasteiger partial charge in [0.25, 0.3) is 0 Å². The van der Waals surface area contributed by atoms with Crippen molar-refractivity contribution in [1.82, 2.24) is 0 Å². The van der Waals surface area contributed by atoms with Crippen molar-refractivity contribution in [3.8, 4) is 33.4 Å². The molecular weight excluding hydrogens is 771 g/mol. The van der Waals surface area contributed by atoms with Gasteiger partial charge < -0.3 is 9.32 Å². The first-order valence-electron chi connectivity index (χ1n) is 21.3. The Balaban J connectivity index is 1.10. The van der Waals surface area contributed by atoms with Crippen molar-refractivity contribution in [1.29, 1.82) is 0 Å². The number of nitrogens with zero attached hydrogens (tertiary/aromatic N) is 1. The molecule has 288 valence electrons. The maximum Gasteiger partial charge on any atom is 0.160 e. The monoisotopic (exact) mass is 805 g/mol. The van der Waals surface area contributed by atoms with E-state index in [9.17, 15) is 0 Å². The van der Waals surface area contributed by atoms with Gasteiger partial charge in [-0.2, -0.15) is 0 Å². The average molecular weight is 806 g/mol. The molecule has 0 radical (unpaired) electrons. The average Bonchev–Trinajstić information content (AvgIpc) is 4.07. The van der Waals surface area contributed by atoms with E-state index in [1.54, 1.807) is 0 Å². The van der Waals surface area contributed by atoms with Gasteiger partial charge in [0.1, 0.15) is 5.58 Å². The van der Waals surface area contributed by atoms with Crippen LogP contribution >= 0.6 is 11.3 Å². The highest BCUT2D eigenvalue weighted by Crippen LogP contribution is 2.65. The predicted octanol–water partition coefficient (Wildman–Crippen LogP) is 16.6. The summed E-state index contributed by atoms with van der Waals surface area (Å²) in [6.45, 7) is 0. The Labute approximate surface area is 362 Å². The fourth-order valence-electron chi connectivity index (χ4n) is 11.2. The van der Waals surface area contributed by atoms with Crippen LogP contribution in [0.15, 0.2) is 217 Å². The molecule has 0 N–H and O–H groups in total. The lowest BCUT2D eigenvalue weighted by Crippen LogP contribution is -2.26. The summed E-state index contributed by atoms with van der Waals surface area (Å²) in [5, 5.41) is 7.28. The lowest BCUT2D eigenvalue weighted by Gasteiger charge is -2.32. The van der Waals surface area contributed by atoms with Gasteiger partial charge in [-0.15, -0.1) is 11.3 Å². The molecule has 3 heteroatoms. The first-order chi connectivity index (χ1) is 30.8. The molecule has 0 unspecified atom stereocenters. The first-order valence-corrected chi connectivity index (χ1v) is 22.2. The number of fused-ring (bicyclic) bond motifs is 18.